The van der Waals surface area contributed by atoms with Crippen molar-refractivity contribution in [1.29, 1.82) is 5.26 Å². The van der Waals surface area contributed by atoms with Crippen LogP contribution in [0.25, 0.3) is 0 Å². The first-order chi connectivity index (χ1) is 18.2. The van der Waals surface area contributed by atoms with Crippen LogP contribution in [0.1, 0.15) is 64.1 Å². The molecule has 3 saturated heterocycles. The van der Waals surface area contributed by atoms with E-state index in [0.29, 0.717) is 32.4 Å². The average Bonchev–Trinajstić information content (AvgIpc) is 3.55. The van der Waals surface area contributed by atoms with E-state index in [1.165, 1.54) is 28.0 Å². The molecule has 9 nitrogen and oxygen atoms in total. The number of rotatable bonds is 6. The molecule has 39 heavy (non-hydrogen) atoms. The largest absolute Gasteiger partial charge is 0.444 e. The summed E-state index contributed by atoms with van der Waals surface area (Å²) in [6.45, 7) is 7.43. The topological polar surface area (TPSA) is 106 Å². The zero-order valence-electron chi connectivity index (χ0n) is 22.5. The Morgan fingerprint density at radius 1 is 1.23 bits per heavy atom. The van der Waals surface area contributed by atoms with Crippen LogP contribution in [0, 0.1) is 11.3 Å². The van der Waals surface area contributed by atoms with Crippen molar-refractivity contribution in [2.45, 2.75) is 88.9 Å². The molecule has 2 bridgehead atoms. The molecule has 1 aromatic carbocycles. The van der Waals surface area contributed by atoms with Crippen molar-refractivity contribution >= 4 is 17.9 Å². The molecule has 212 valence electrons. The Labute approximate surface area is 225 Å². The standard InChI is InChI=1S/C27H34F3N5O4/c1-16(19-9-5-6-10-20(19)27(28,29)30)35-18-12-22(24(35)37)33(14-18)15-21(32-25(38)39-26(2,3)4)23(36)34-11-7-8-17(34)13-31/h5-6,9-10,16-18,21-22H,7-8,11-12,14-15H2,1-4H3,(H,32,38)/t16-,17-,18?,21-,22+/m0/s1. The predicted molar refractivity (Wildman–Crippen MR) is 134 cm³/mol. The summed E-state index contributed by atoms with van der Waals surface area (Å²) in [4.78, 5) is 44.2. The van der Waals surface area contributed by atoms with Gasteiger partial charge in [-0.25, -0.2) is 4.79 Å². The number of ether oxygens (including phenoxy) is 1. The van der Waals surface area contributed by atoms with Gasteiger partial charge in [-0.2, -0.15) is 18.4 Å². The van der Waals surface area contributed by atoms with Gasteiger partial charge in [0.25, 0.3) is 0 Å². The summed E-state index contributed by atoms with van der Waals surface area (Å²) in [7, 11) is 0. The number of hydrogen-bond acceptors (Lipinski definition) is 6. The van der Waals surface area contributed by atoms with Crippen LogP contribution in [0.3, 0.4) is 0 Å². The van der Waals surface area contributed by atoms with Gasteiger partial charge < -0.3 is 19.9 Å². The first-order valence-corrected chi connectivity index (χ1v) is 13.1. The lowest BCUT2D eigenvalue weighted by atomic mass is 9.99. The van der Waals surface area contributed by atoms with Gasteiger partial charge in [0, 0.05) is 25.7 Å². The monoisotopic (exact) mass is 549 g/mol. The van der Waals surface area contributed by atoms with E-state index in [2.05, 4.69) is 11.4 Å². The number of alkyl halides is 3. The zero-order valence-corrected chi connectivity index (χ0v) is 22.5. The minimum Gasteiger partial charge on any atom is -0.444 e. The van der Waals surface area contributed by atoms with Crippen LogP contribution in [0.2, 0.25) is 0 Å². The van der Waals surface area contributed by atoms with Gasteiger partial charge in [0.2, 0.25) is 11.8 Å². The number of piperazine rings is 1. The van der Waals surface area contributed by atoms with Crippen LogP contribution in [0.15, 0.2) is 24.3 Å². The second-order valence-corrected chi connectivity index (χ2v) is 11.4. The van der Waals surface area contributed by atoms with E-state index in [1.54, 1.807) is 32.6 Å². The molecule has 0 aliphatic carbocycles. The summed E-state index contributed by atoms with van der Waals surface area (Å²) < 4.78 is 46.3. The first-order valence-electron chi connectivity index (χ1n) is 13.1. The predicted octanol–water partition coefficient (Wildman–Crippen LogP) is 3.46. The lowest BCUT2D eigenvalue weighted by Crippen LogP contribution is -2.59. The number of nitriles is 1. The molecular formula is C27H34F3N5O4. The van der Waals surface area contributed by atoms with Gasteiger partial charge in [0.15, 0.2) is 0 Å². The van der Waals surface area contributed by atoms with E-state index in [4.69, 9.17) is 4.74 Å². The number of nitrogens with zero attached hydrogens (tertiary/aromatic N) is 4. The molecule has 12 heteroatoms. The summed E-state index contributed by atoms with van der Waals surface area (Å²) in [6.07, 6.45) is -3.71. The summed E-state index contributed by atoms with van der Waals surface area (Å²) >= 11 is 0. The van der Waals surface area contributed by atoms with Crippen LogP contribution in [-0.2, 0) is 20.5 Å². The van der Waals surface area contributed by atoms with Crippen LogP contribution >= 0.6 is 0 Å². The quantitative estimate of drug-likeness (QED) is 0.583. The number of fused-ring (bicyclic) bond motifs is 2. The highest BCUT2D eigenvalue weighted by atomic mass is 19.4. The number of halogens is 3. The maximum absolute atomic E-state index is 13.6. The number of likely N-dealkylation sites (tertiary alicyclic amines) is 3. The van der Waals surface area contributed by atoms with Gasteiger partial charge in [-0.05, 0) is 58.6 Å². The van der Waals surface area contributed by atoms with E-state index >= 15 is 0 Å². The van der Waals surface area contributed by atoms with Crippen molar-refractivity contribution in [3.8, 4) is 6.07 Å². The van der Waals surface area contributed by atoms with Crippen LogP contribution in [0.4, 0.5) is 18.0 Å². The minimum atomic E-state index is -4.55. The minimum absolute atomic E-state index is 0.0149. The van der Waals surface area contributed by atoms with Gasteiger partial charge in [0.1, 0.15) is 17.7 Å². The molecule has 0 radical (unpaired) electrons. The Kier molecular flexibility index (Phi) is 7.85. The SMILES string of the molecule is C[C@@H](c1ccccc1C(F)(F)F)N1C(=O)[C@H]2CC1CN2C[C@H](NC(=O)OC(C)(C)C)C(=O)N1CCC[C@H]1C#N. The third-order valence-corrected chi connectivity index (χ3v) is 7.54. The smallest absolute Gasteiger partial charge is 0.416 e. The molecule has 3 aliphatic rings. The molecule has 1 N–H and O–H groups in total. The van der Waals surface area contributed by atoms with Crippen molar-refractivity contribution in [1.82, 2.24) is 20.0 Å². The molecule has 3 amide bonds. The van der Waals surface area contributed by atoms with Crippen molar-refractivity contribution in [3.05, 3.63) is 35.4 Å². The molecule has 3 aliphatic heterocycles. The van der Waals surface area contributed by atoms with Crippen molar-refractivity contribution in [2.75, 3.05) is 19.6 Å². The molecule has 5 atom stereocenters. The Bertz CT molecular complexity index is 1160. The Hall–Kier alpha value is -3.33. The van der Waals surface area contributed by atoms with Gasteiger partial charge in [-0.15, -0.1) is 0 Å². The number of hydrogen-bond donors (Lipinski definition) is 1. The third kappa shape index (κ3) is 5.98. The summed E-state index contributed by atoms with van der Waals surface area (Å²) in [5, 5.41) is 12.1. The number of carbonyl (C=O) groups is 3. The third-order valence-electron chi connectivity index (χ3n) is 7.54. The fraction of sp³-hybridized carbons (Fsp3) is 0.630. The van der Waals surface area contributed by atoms with Crippen molar-refractivity contribution < 1.29 is 32.3 Å². The Morgan fingerprint density at radius 3 is 2.54 bits per heavy atom. The highest BCUT2D eigenvalue weighted by Crippen LogP contribution is 2.41. The molecule has 0 aromatic heterocycles. The van der Waals surface area contributed by atoms with Crippen molar-refractivity contribution in [3.63, 3.8) is 0 Å². The lowest BCUT2D eigenvalue weighted by Gasteiger charge is -2.39. The highest BCUT2D eigenvalue weighted by Gasteiger charge is 2.53. The fourth-order valence-corrected chi connectivity index (χ4v) is 5.90. The number of nitrogens with one attached hydrogen (secondary N) is 1. The Morgan fingerprint density at radius 2 is 1.92 bits per heavy atom. The number of benzene rings is 1. The summed E-state index contributed by atoms with van der Waals surface area (Å²) in [5.41, 5.74) is -1.53. The molecule has 1 aromatic rings. The Balaban J connectivity index is 1.51. The molecule has 1 unspecified atom stereocenters. The molecule has 3 fully saturated rings. The number of alkyl carbamates (subject to hydrolysis) is 1. The second kappa shape index (κ2) is 10.7. The fourth-order valence-electron chi connectivity index (χ4n) is 5.90. The zero-order chi connectivity index (χ0) is 28.7. The molecular weight excluding hydrogens is 515 g/mol. The van der Waals surface area contributed by atoms with Crippen LogP contribution in [0.5, 0.6) is 0 Å². The van der Waals surface area contributed by atoms with Gasteiger partial charge in [0.05, 0.1) is 23.7 Å². The van der Waals surface area contributed by atoms with Gasteiger partial charge in [-0.1, -0.05) is 18.2 Å². The van der Waals surface area contributed by atoms with E-state index in [0.717, 1.165) is 6.07 Å². The second-order valence-electron chi connectivity index (χ2n) is 11.4. The summed E-state index contributed by atoms with van der Waals surface area (Å²) in [5.74, 6) is -0.736. The molecule has 0 spiro atoms. The summed E-state index contributed by atoms with van der Waals surface area (Å²) in [6, 6.07) is 3.98. The molecule has 4 rings (SSSR count). The van der Waals surface area contributed by atoms with E-state index < -0.39 is 53.5 Å². The van der Waals surface area contributed by atoms with Crippen LogP contribution in [-0.4, -0.2) is 82.0 Å². The maximum Gasteiger partial charge on any atom is 0.416 e. The molecule has 3 heterocycles. The van der Waals surface area contributed by atoms with Gasteiger partial charge >= 0.3 is 12.3 Å². The number of carbonyl (C=O) groups excluding carboxylic acids is 3. The highest BCUT2D eigenvalue weighted by molar-refractivity contribution is 5.88. The molecule has 0 saturated carbocycles. The maximum atomic E-state index is 13.6. The average molecular weight is 550 g/mol. The van der Waals surface area contributed by atoms with Crippen molar-refractivity contribution in [2.24, 2.45) is 0 Å². The van der Waals surface area contributed by atoms with Gasteiger partial charge in [-0.3, -0.25) is 14.5 Å². The lowest BCUT2D eigenvalue weighted by molar-refractivity contribution is -0.144. The van der Waals surface area contributed by atoms with E-state index in [-0.39, 0.29) is 24.1 Å². The first kappa shape index (κ1) is 28.7. The van der Waals surface area contributed by atoms with E-state index in [9.17, 15) is 32.8 Å². The normalized spacial score (nSPS) is 25.0. The van der Waals surface area contributed by atoms with E-state index in [1.807, 2.05) is 0 Å². The number of amides is 3. The van der Waals surface area contributed by atoms with Crippen LogP contribution < -0.4 is 5.32 Å².